The molecule has 0 fully saturated rings. The number of hydrogen-bond donors (Lipinski definition) is 1. The van der Waals surface area contributed by atoms with Crippen LogP contribution in [0, 0.1) is 27.7 Å². The van der Waals surface area contributed by atoms with Crippen LogP contribution < -0.4 is 15.6 Å². The summed E-state index contributed by atoms with van der Waals surface area (Å²) in [5, 5.41) is 2.79. The van der Waals surface area contributed by atoms with Gasteiger partial charge in [0, 0.05) is 12.7 Å². The molecular weight excluding hydrogens is 395 g/mol. The second kappa shape index (κ2) is 7.85. The Bertz CT molecular complexity index is 1130. The molecule has 0 spiro atoms. The van der Waals surface area contributed by atoms with E-state index in [1.165, 1.54) is 16.7 Å². The van der Waals surface area contributed by atoms with Crippen molar-refractivity contribution in [3.8, 4) is 11.6 Å². The summed E-state index contributed by atoms with van der Waals surface area (Å²) in [6, 6.07) is 8.36. The van der Waals surface area contributed by atoms with Gasteiger partial charge in [-0.1, -0.05) is 17.7 Å². The van der Waals surface area contributed by atoms with Crippen molar-refractivity contribution in [2.75, 3.05) is 5.32 Å². The molecule has 1 aromatic heterocycles. The van der Waals surface area contributed by atoms with Crippen molar-refractivity contribution in [3.63, 3.8) is 0 Å². The summed E-state index contributed by atoms with van der Waals surface area (Å²) in [6.07, 6.45) is -4.43. The first-order valence-electron chi connectivity index (χ1n) is 9.25. The number of hydrogen-bond acceptors (Lipinski definition) is 4. The summed E-state index contributed by atoms with van der Waals surface area (Å²) in [4.78, 5) is 16.9. The minimum atomic E-state index is -4.43. The lowest BCUT2D eigenvalue weighted by Crippen LogP contribution is -2.24. The second-order valence-corrected chi connectivity index (χ2v) is 7.25. The number of ether oxygens (including phenoxy) is 1. The number of benzene rings is 2. The molecule has 3 rings (SSSR count). The summed E-state index contributed by atoms with van der Waals surface area (Å²) in [7, 11) is 1.58. The van der Waals surface area contributed by atoms with Crippen LogP contribution in [0.25, 0.3) is 0 Å². The fraction of sp³-hybridized carbons (Fsp3) is 0.273. The quantitative estimate of drug-likeness (QED) is 0.603. The molecule has 1 heterocycles. The Morgan fingerprint density at radius 2 is 1.57 bits per heavy atom. The summed E-state index contributed by atoms with van der Waals surface area (Å²) in [5.41, 5.74) is 2.61. The summed E-state index contributed by atoms with van der Waals surface area (Å²) >= 11 is 0. The van der Waals surface area contributed by atoms with E-state index >= 15 is 0 Å². The zero-order valence-electron chi connectivity index (χ0n) is 17.3. The molecule has 1 N–H and O–H groups in total. The van der Waals surface area contributed by atoms with Gasteiger partial charge in [0.2, 0.25) is 11.7 Å². The number of halogens is 3. The molecule has 5 nitrogen and oxygen atoms in total. The SMILES string of the molecule is Cc1cc(C)c(Oc2nc(Nc3ccc(C(F)(F)F)cc3)c(=O)n(C)c2C)c(C)c1. The number of aryl methyl sites for hydroxylation is 3. The molecule has 0 aliphatic heterocycles. The Hall–Kier alpha value is -3.29. The van der Waals surface area contributed by atoms with Crippen LogP contribution in [-0.4, -0.2) is 9.55 Å². The van der Waals surface area contributed by atoms with Gasteiger partial charge in [-0.15, -0.1) is 0 Å². The van der Waals surface area contributed by atoms with Crippen LogP contribution in [0.15, 0.2) is 41.2 Å². The number of rotatable bonds is 4. The van der Waals surface area contributed by atoms with Crippen LogP contribution in [0.2, 0.25) is 0 Å². The van der Waals surface area contributed by atoms with Crippen LogP contribution >= 0.6 is 0 Å². The minimum Gasteiger partial charge on any atom is -0.437 e. The highest BCUT2D eigenvalue weighted by molar-refractivity contribution is 5.57. The monoisotopic (exact) mass is 417 g/mol. The third-order valence-corrected chi connectivity index (χ3v) is 4.81. The van der Waals surface area contributed by atoms with Gasteiger partial charge in [-0.2, -0.15) is 18.2 Å². The van der Waals surface area contributed by atoms with Gasteiger partial charge in [-0.3, -0.25) is 4.79 Å². The molecule has 158 valence electrons. The molecule has 0 saturated carbocycles. The maximum atomic E-state index is 12.8. The molecule has 0 unspecified atom stereocenters. The van der Waals surface area contributed by atoms with Crippen LogP contribution in [0.5, 0.6) is 11.6 Å². The van der Waals surface area contributed by atoms with Crippen molar-refractivity contribution >= 4 is 11.5 Å². The normalized spacial score (nSPS) is 11.5. The third-order valence-electron chi connectivity index (χ3n) is 4.81. The highest BCUT2D eigenvalue weighted by Gasteiger charge is 2.30. The van der Waals surface area contributed by atoms with E-state index in [4.69, 9.17) is 4.74 Å². The standard InChI is InChI=1S/C22H22F3N3O2/c1-12-10-13(2)18(14(3)11-12)30-20-15(4)28(5)21(29)19(27-20)26-17-8-6-16(7-9-17)22(23,24)25/h6-11H,1-5H3,(H,26,27). The molecule has 0 amide bonds. The molecule has 0 aliphatic carbocycles. The fourth-order valence-corrected chi connectivity index (χ4v) is 3.17. The summed E-state index contributed by atoms with van der Waals surface area (Å²) in [5.74, 6) is 0.845. The Kier molecular flexibility index (Phi) is 5.61. The average molecular weight is 417 g/mol. The minimum absolute atomic E-state index is 0.0414. The van der Waals surface area contributed by atoms with Gasteiger partial charge >= 0.3 is 6.18 Å². The van der Waals surface area contributed by atoms with E-state index in [1.807, 2.05) is 32.9 Å². The van der Waals surface area contributed by atoms with Crippen molar-refractivity contribution in [2.24, 2.45) is 7.05 Å². The van der Waals surface area contributed by atoms with Gasteiger partial charge in [0.05, 0.1) is 11.3 Å². The molecule has 8 heteroatoms. The van der Waals surface area contributed by atoms with E-state index in [9.17, 15) is 18.0 Å². The Balaban J connectivity index is 1.98. The molecule has 0 saturated heterocycles. The maximum Gasteiger partial charge on any atom is 0.416 e. The number of nitrogens with one attached hydrogen (secondary N) is 1. The summed E-state index contributed by atoms with van der Waals surface area (Å²) < 4.78 is 45.7. The molecule has 0 aliphatic rings. The number of anilines is 2. The predicted octanol–water partition coefficient (Wildman–Crippen LogP) is 5.57. The molecule has 0 radical (unpaired) electrons. The van der Waals surface area contributed by atoms with Crippen LogP contribution in [0.3, 0.4) is 0 Å². The Labute approximate surface area is 172 Å². The van der Waals surface area contributed by atoms with Crippen LogP contribution in [0.1, 0.15) is 27.9 Å². The number of alkyl halides is 3. The zero-order valence-corrected chi connectivity index (χ0v) is 17.3. The van der Waals surface area contributed by atoms with E-state index in [-0.39, 0.29) is 11.7 Å². The molecule has 30 heavy (non-hydrogen) atoms. The van der Waals surface area contributed by atoms with E-state index in [2.05, 4.69) is 10.3 Å². The highest BCUT2D eigenvalue weighted by atomic mass is 19.4. The van der Waals surface area contributed by atoms with Crippen LogP contribution in [-0.2, 0) is 13.2 Å². The topological polar surface area (TPSA) is 56.1 Å². The lowest BCUT2D eigenvalue weighted by Gasteiger charge is -2.17. The molecular formula is C22H22F3N3O2. The lowest BCUT2D eigenvalue weighted by atomic mass is 10.1. The zero-order chi connectivity index (χ0) is 22.2. The van der Waals surface area contributed by atoms with Crippen molar-refractivity contribution in [1.82, 2.24) is 9.55 Å². The first-order chi connectivity index (χ1) is 14.0. The first kappa shape index (κ1) is 21.4. The van der Waals surface area contributed by atoms with Crippen molar-refractivity contribution < 1.29 is 17.9 Å². The van der Waals surface area contributed by atoms with E-state index < -0.39 is 17.3 Å². The lowest BCUT2D eigenvalue weighted by molar-refractivity contribution is -0.137. The highest BCUT2D eigenvalue weighted by Crippen LogP contribution is 2.32. The van der Waals surface area contributed by atoms with E-state index in [0.717, 1.165) is 28.8 Å². The molecule has 0 atom stereocenters. The molecule has 0 bridgehead atoms. The smallest absolute Gasteiger partial charge is 0.416 e. The third kappa shape index (κ3) is 4.32. The average Bonchev–Trinajstić information content (AvgIpc) is 2.66. The van der Waals surface area contributed by atoms with Crippen molar-refractivity contribution in [1.29, 1.82) is 0 Å². The van der Waals surface area contributed by atoms with Crippen molar-refractivity contribution in [3.05, 3.63) is 74.7 Å². The van der Waals surface area contributed by atoms with Gasteiger partial charge in [-0.05, 0) is 63.1 Å². The van der Waals surface area contributed by atoms with Gasteiger partial charge in [-0.25, -0.2) is 0 Å². The summed E-state index contributed by atoms with van der Waals surface area (Å²) in [6.45, 7) is 7.55. The fourth-order valence-electron chi connectivity index (χ4n) is 3.17. The van der Waals surface area contributed by atoms with Gasteiger partial charge < -0.3 is 14.6 Å². The Morgan fingerprint density at radius 3 is 2.10 bits per heavy atom. The Morgan fingerprint density at radius 1 is 1.00 bits per heavy atom. The predicted molar refractivity (Wildman–Crippen MR) is 110 cm³/mol. The maximum absolute atomic E-state index is 12.8. The first-order valence-corrected chi connectivity index (χ1v) is 9.25. The largest absolute Gasteiger partial charge is 0.437 e. The van der Waals surface area contributed by atoms with Gasteiger partial charge in [0.1, 0.15) is 5.75 Å². The number of nitrogens with zero attached hydrogens (tertiary/aromatic N) is 2. The van der Waals surface area contributed by atoms with Gasteiger partial charge in [0.15, 0.2) is 0 Å². The molecule has 2 aromatic carbocycles. The number of aromatic nitrogens is 2. The van der Waals surface area contributed by atoms with E-state index in [0.29, 0.717) is 17.1 Å². The molecule has 3 aromatic rings. The van der Waals surface area contributed by atoms with E-state index in [1.54, 1.807) is 14.0 Å². The second-order valence-electron chi connectivity index (χ2n) is 7.25. The van der Waals surface area contributed by atoms with Gasteiger partial charge in [0.25, 0.3) is 5.56 Å². The van der Waals surface area contributed by atoms with Crippen molar-refractivity contribution in [2.45, 2.75) is 33.9 Å². The van der Waals surface area contributed by atoms with Crippen LogP contribution in [0.4, 0.5) is 24.7 Å².